The number of aryl methyl sites for hydroxylation is 1. The molecule has 2 heterocycles. The monoisotopic (exact) mass is 437 g/mol. The standard InChI is InChI=1S/C20H31N5O6/c1-10(2)14(16(26)18-24-23-12(5)31-18)21-17(27)13-8-7-9-25(13)19(28)15(11(3)4)22-20(29)30-6/h10-11,13-15H,7-9H2,1-6H3,(H,21,27)(H,22,29). The van der Waals surface area contributed by atoms with Crippen LogP contribution in [-0.2, 0) is 14.3 Å². The SMILES string of the molecule is COC(=O)NC(C(=O)N1CCCC1C(=O)NC(C(=O)c1nnc(C)o1)C(C)C)C(C)C. The Labute approximate surface area is 181 Å². The van der Waals surface area contributed by atoms with Crippen molar-refractivity contribution in [3.8, 4) is 0 Å². The highest BCUT2D eigenvalue weighted by Crippen LogP contribution is 2.21. The Morgan fingerprint density at radius 1 is 1.06 bits per heavy atom. The van der Waals surface area contributed by atoms with Gasteiger partial charge in [0.25, 0.3) is 5.89 Å². The number of ether oxygens (including phenoxy) is 1. The molecule has 1 aromatic heterocycles. The molecule has 3 amide bonds. The molecule has 1 aliphatic heterocycles. The van der Waals surface area contributed by atoms with Crippen molar-refractivity contribution in [1.29, 1.82) is 0 Å². The number of alkyl carbamates (subject to hydrolysis) is 1. The number of carbonyl (C=O) groups excluding carboxylic acids is 4. The molecule has 0 spiro atoms. The zero-order chi connectivity index (χ0) is 23.3. The van der Waals surface area contributed by atoms with Crippen molar-refractivity contribution in [3.63, 3.8) is 0 Å². The number of amides is 3. The summed E-state index contributed by atoms with van der Waals surface area (Å²) in [6.07, 6.45) is 0.377. The molecule has 0 aliphatic carbocycles. The van der Waals surface area contributed by atoms with Crippen molar-refractivity contribution in [1.82, 2.24) is 25.7 Å². The lowest BCUT2D eigenvalue weighted by Crippen LogP contribution is -2.57. The summed E-state index contributed by atoms with van der Waals surface area (Å²) < 4.78 is 9.82. The van der Waals surface area contributed by atoms with E-state index in [2.05, 4.69) is 25.6 Å². The van der Waals surface area contributed by atoms with Crippen molar-refractivity contribution in [2.75, 3.05) is 13.7 Å². The van der Waals surface area contributed by atoms with Gasteiger partial charge in [0.05, 0.1) is 13.2 Å². The minimum Gasteiger partial charge on any atom is -0.453 e. The van der Waals surface area contributed by atoms with Crippen LogP contribution < -0.4 is 10.6 Å². The first-order valence-electron chi connectivity index (χ1n) is 10.4. The second kappa shape index (κ2) is 10.4. The van der Waals surface area contributed by atoms with E-state index >= 15 is 0 Å². The summed E-state index contributed by atoms with van der Waals surface area (Å²) >= 11 is 0. The fourth-order valence-corrected chi connectivity index (χ4v) is 3.49. The normalized spacial score (nSPS) is 18.1. The number of likely N-dealkylation sites (tertiary alicyclic amines) is 1. The Morgan fingerprint density at radius 3 is 2.23 bits per heavy atom. The number of nitrogens with zero attached hydrogens (tertiary/aromatic N) is 3. The number of nitrogens with one attached hydrogen (secondary N) is 2. The molecule has 3 atom stereocenters. The average molecular weight is 437 g/mol. The maximum absolute atomic E-state index is 13.1. The molecule has 1 saturated heterocycles. The van der Waals surface area contributed by atoms with Gasteiger partial charge in [0.15, 0.2) is 0 Å². The first kappa shape index (κ1) is 24.3. The van der Waals surface area contributed by atoms with Gasteiger partial charge in [-0.15, -0.1) is 10.2 Å². The van der Waals surface area contributed by atoms with Gasteiger partial charge in [-0.3, -0.25) is 14.4 Å². The van der Waals surface area contributed by atoms with Gasteiger partial charge >= 0.3 is 6.09 Å². The smallest absolute Gasteiger partial charge is 0.407 e. The molecule has 31 heavy (non-hydrogen) atoms. The molecule has 0 radical (unpaired) electrons. The van der Waals surface area contributed by atoms with E-state index in [0.717, 1.165) is 0 Å². The van der Waals surface area contributed by atoms with Crippen LogP contribution in [0.5, 0.6) is 0 Å². The van der Waals surface area contributed by atoms with Gasteiger partial charge in [0, 0.05) is 13.5 Å². The van der Waals surface area contributed by atoms with E-state index in [0.29, 0.717) is 19.4 Å². The number of carbonyl (C=O) groups is 4. The number of hydrogen-bond acceptors (Lipinski definition) is 8. The molecule has 0 bridgehead atoms. The highest BCUT2D eigenvalue weighted by atomic mass is 16.5. The second-order valence-electron chi connectivity index (χ2n) is 8.27. The Morgan fingerprint density at radius 2 is 1.71 bits per heavy atom. The van der Waals surface area contributed by atoms with Gasteiger partial charge < -0.3 is 24.7 Å². The molecule has 2 N–H and O–H groups in total. The van der Waals surface area contributed by atoms with Gasteiger partial charge in [-0.25, -0.2) is 4.79 Å². The molecule has 2 rings (SSSR count). The lowest BCUT2D eigenvalue weighted by Gasteiger charge is -2.31. The number of Topliss-reactive ketones (excluding diaryl/α,β-unsaturated/α-hetero) is 1. The highest BCUT2D eigenvalue weighted by Gasteiger charge is 2.40. The summed E-state index contributed by atoms with van der Waals surface area (Å²) in [5.74, 6) is -1.64. The van der Waals surface area contributed by atoms with Gasteiger partial charge in [-0.2, -0.15) is 0 Å². The topological polar surface area (TPSA) is 144 Å². The summed E-state index contributed by atoms with van der Waals surface area (Å²) in [7, 11) is 1.22. The van der Waals surface area contributed by atoms with Crippen LogP contribution in [0.2, 0.25) is 0 Å². The lowest BCUT2D eigenvalue weighted by atomic mass is 9.98. The molecule has 1 fully saturated rings. The quantitative estimate of drug-likeness (QED) is 0.575. The molecule has 0 aromatic carbocycles. The molecular weight excluding hydrogens is 406 g/mol. The van der Waals surface area contributed by atoms with Gasteiger partial charge in [0.2, 0.25) is 23.5 Å². The summed E-state index contributed by atoms with van der Waals surface area (Å²) in [5, 5.41) is 12.7. The van der Waals surface area contributed by atoms with E-state index in [-0.39, 0.29) is 29.5 Å². The third-order valence-corrected chi connectivity index (χ3v) is 5.21. The van der Waals surface area contributed by atoms with Crippen molar-refractivity contribution in [3.05, 3.63) is 11.8 Å². The van der Waals surface area contributed by atoms with Crippen LogP contribution in [0.3, 0.4) is 0 Å². The van der Waals surface area contributed by atoms with Gasteiger partial charge in [-0.1, -0.05) is 27.7 Å². The Kier molecular flexibility index (Phi) is 8.12. The lowest BCUT2D eigenvalue weighted by molar-refractivity contribution is -0.141. The van der Waals surface area contributed by atoms with Crippen LogP contribution in [0.4, 0.5) is 4.79 Å². The first-order chi connectivity index (χ1) is 14.6. The van der Waals surface area contributed by atoms with Crippen LogP contribution in [-0.4, -0.2) is 70.6 Å². The Hall–Kier alpha value is -2.98. The Bertz CT molecular complexity index is 821. The minimum absolute atomic E-state index is 0.169. The van der Waals surface area contributed by atoms with E-state index in [1.807, 2.05) is 0 Å². The number of aromatic nitrogens is 2. The van der Waals surface area contributed by atoms with Crippen LogP contribution in [0.1, 0.15) is 57.1 Å². The van der Waals surface area contributed by atoms with Crippen molar-refractivity contribution < 1.29 is 28.3 Å². The van der Waals surface area contributed by atoms with Crippen LogP contribution in [0.15, 0.2) is 4.42 Å². The van der Waals surface area contributed by atoms with Crippen molar-refractivity contribution in [2.45, 2.75) is 65.6 Å². The molecule has 172 valence electrons. The zero-order valence-electron chi connectivity index (χ0n) is 18.8. The van der Waals surface area contributed by atoms with E-state index < -0.39 is 35.9 Å². The van der Waals surface area contributed by atoms with Crippen LogP contribution in [0, 0.1) is 18.8 Å². The van der Waals surface area contributed by atoms with E-state index in [9.17, 15) is 19.2 Å². The summed E-state index contributed by atoms with van der Waals surface area (Å²) in [5.41, 5.74) is 0. The van der Waals surface area contributed by atoms with E-state index in [1.165, 1.54) is 12.0 Å². The number of methoxy groups -OCH3 is 1. The zero-order valence-corrected chi connectivity index (χ0v) is 18.8. The average Bonchev–Trinajstić information content (AvgIpc) is 3.37. The predicted molar refractivity (Wildman–Crippen MR) is 109 cm³/mol. The largest absolute Gasteiger partial charge is 0.453 e. The van der Waals surface area contributed by atoms with Gasteiger partial charge in [0.1, 0.15) is 12.1 Å². The third-order valence-electron chi connectivity index (χ3n) is 5.21. The van der Waals surface area contributed by atoms with E-state index in [4.69, 9.17) is 4.42 Å². The minimum atomic E-state index is -0.876. The first-order valence-corrected chi connectivity index (χ1v) is 10.4. The fourth-order valence-electron chi connectivity index (χ4n) is 3.49. The van der Waals surface area contributed by atoms with Crippen molar-refractivity contribution >= 4 is 23.7 Å². The number of rotatable bonds is 8. The molecule has 11 nitrogen and oxygen atoms in total. The maximum atomic E-state index is 13.1. The van der Waals surface area contributed by atoms with E-state index in [1.54, 1.807) is 34.6 Å². The highest BCUT2D eigenvalue weighted by molar-refractivity contribution is 6.00. The van der Waals surface area contributed by atoms with Crippen LogP contribution in [0.25, 0.3) is 0 Å². The molecule has 3 unspecified atom stereocenters. The molecule has 1 aromatic rings. The van der Waals surface area contributed by atoms with Crippen molar-refractivity contribution in [2.24, 2.45) is 11.8 Å². The van der Waals surface area contributed by atoms with Crippen LogP contribution >= 0.6 is 0 Å². The number of hydrogen-bond donors (Lipinski definition) is 2. The predicted octanol–water partition coefficient (Wildman–Crippen LogP) is 1.07. The number of ketones is 1. The fraction of sp³-hybridized carbons (Fsp3) is 0.700. The maximum Gasteiger partial charge on any atom is 0.407 e. The second-order valence-corrected chi connectivity index (χ2v) is 8.27. The Balaban J connectivity index is 2.15. The molecule has 0 saturated carbocycles. The summed E-state index contributed by atoms with van der Waals surface area (Å²) in [6, 6.07) is -2.45. The third kappa shape index (κ3) is 5.80. The summed E-state index contributed by atoms with van der Waals surface area (Å²) in [4.78, 5) is 52.0. The summed E-state index contributed by atoms with van der Waals surface area (Å²) in [6.45, 7) is 9.12. The van der Waals surface area contributed by atoms with Gasteiger partial charge in [-0.05, 0) is 24.7 Å². The molecule has 1 aliphatic rings. The molecular formula is C20H31N5O6. The molecule has 11 heteroatoms.